The summed E-state index contributed by atoms with van der Waals surface area (Å²) in [5.74, 6) is -1.83. The van der Waals surface area contributed by atoms with Crippen molar-refractivity contribution in [3.63, 3.8) is 0 Å². The Morgan fingerprint density at radius 1 is 1.50 bits per heavy atom. The van der Waals surface area contributed by atoms with E-state index in [-0.39, 0.29) is 17.9 Å². The number of rotatable bonds is 8. The van der Waals surface area contributed by atoms with Crippen LogP contribution in [0.3, 0.4) is 0 Å². The third-order valence-electron chi connectivity index (χ3n) is 2.25. The first-order chi connectivity index (χ1) is 9.28. The Labute approximate surface area is 125 Å². The molecule has 1 aromatic heterocycles. The van der Waals surface area contributed by atoms with Crippen LogP contribution in [-0.2, 0) is 19.4 Å². The fraction of sp³-hybridized carbons (Fsp3) is 0.455. The van der Waals surface area contributed by atoms with Gasteiger partial charge in [0.2, 0.25) is 5.91 Å². The van der Waals surface area contributed by atoms with Gasteiger partial charge in [0.05, 0.1) is 15.7 Å². The highest BCUT2D eigenvalue weighted by Crippen LogP contribution is 2.22. The molecule has 1 amide bonds. The lowest BCUT2D eigenvalue weighted by Crippen LogP contribution is -2.42. The van der Waals surface area contributed by atoms with E-state index in [2.05, 4.69) is 5.32 Å². The van der Waals surface area contributed by atoms with Gasteiger partial charge in [0, 0.05) is 6.26 Å². The average Bonchev–Trinajstić information content (AvgIpc) is 2.83. The number of hydrogen-bond acceptors (Lipinski definition) is 6. The van der Waals surface area contributed by atoms with E-state index in [1.807, 2.05) is 17.5 Å². The molecule has 1 rings (SSSR count). The van der Waals surface area contributed by atoms with Crippen molar-refractivity contribution in [2.75, 3.05) is 17.8 Å². The van der Waals surface area contributed by atoms with Gasteiger partial charge in [-0.25, -0.2) is 13.2 Å². The van der Waals surface area contributed by atoms with Crippen LogP contribution in [0.1, 0.15) is 6.42 Å². The summed E-state index contributed by atoms with van der Waals surface area (Å²) in [6, 6.07) is 2.54. The molecule has 1 unspecified atom stereocenters. The minimum Gasteiger partial charge on any atom is -0.480 e. The van der Waals surface area contributed by atoms with Gasteiger partial charge in [-0.1, -0.05) is 6.07 Å². The van der Waals surface area contributed by atoms with Crippen molar-refractivity contribution in [1.82, 2.24) is 5.32 Å². The van der Waals surface area contributed by atoms with Crippen LogP contribution < -0.4 is 5.32 Å². The van der Waals surface area contributed by atoms with Gasteiger partial charge in [-0.3, -0.25) is 4.79 Å². The Morgan fingerprint density at radius 2 is 2.20 bits per heavy atom. The fourth-order valence-corrected chi connectivity index (χ4v) is 3.57. The highest BCUT2D eigenvalue weighted by molar-refractivity contribution is 8.01. The minimum absolute atomic E-state index is 0.100. The van der Waals surface area contributed by atoms with Gasteiger partial charge in [-0.2, -0.15) is 0 Å². The molecule has 0 spiro atoms. The number of carboxylic acids is 1. The number of carbonyl (C=O) groups excluding carboxylic acids is 1. The predicted octanol–water partition coefficient (Wildman–Crippen LogP) is 0.844. The van der Waals surface area contributed by atoms with Crippen molar-refractivity contribution in [2.24, 2.45) is 0 Å². The highest BCUT2D eigenvalue weighted by Gasteiger charge is 2.21. The van der Waals surface area contributed by atoms with E-state index in [4.69, 9.17) is 5.11 Å². The number of aliphatic carboxylic acids is 1. The lowest BCUT2D eigenvalue weighted by atomic mass is 10.2. The molecule has 1 aromatic rings. The number of amides is 1. The fourth-order valence-electron chi connectivity index (χ4n) is 1.31. The second-order valence-corrected chi connectivity index (χ2v) is 8.58. The maximum Gasteiger partial charge on any atom is 0.326 e. The molecule has 2 N–H and O–H groups in total. The number of thioether (sulfide) groups is 1. The third-order valence-corrected chi connectivity index (χ3v) is 5.36. The Balaban J connectivity index is 2.44. The molecule has 20 heavy (non-hydrogen) atoms. The van der Waals surface area contributed by atoms with Crippen molar-refractivity contribution in [2.45, 2.75) is 16.7 Å². The predicted molar refractivity (Wildman–Crippen MR) is 78.9 cm³/mol. The summed E-state index contributed by atoms with van der Waals surface area (Å²) < 4.78 is 23.0. The van der Waals surface area contributed by atoms with Gasteiger partial charge in [0.25, 0.3) is 0 Å². The molecule has 0 aromatic carbocycles. The molecule has 0 bridgehead atoms. The Bertz CT molecular complexity index is 553. The molecule has 6 nitrogen and oxygen atoms in total. The zero-order chi connectivity index (χ0) is 15.2. The number of nitrogens with one attached hydrogen (secondary N) is 1. The summed E-state index contributed by atoms with van der Waals surface area (Å²) in [6.45, 7) is 0. The topological polar surface area (TPSA) is 101 Å². The van der Waals surface area contributed by atoms with E-state index in [0.29, 0.717) is 0 Å². The van der Waals surface area contributed by atoms with Crippen LogP contribution in [-0.4, -0.2) is 49.2 Å². The number of thiophene rings is 1. The second kappa shape index (κ2) is 7.65. The molecule has 1 atom stereocenters. The molecule has 0 aliphatic rings. The van der Waals surface area contributed by atoms with E-state index in [0.717, 1.165) is 10.5 Å². The first-order valence-corrected chi connectivity index (χ1v) is 9.56. The van der Waals surface area contributed by atoms with E-state index >= 15 is 0 Å². The van der Waals surface area contributed by atoms with Gasteiger partial charge in [0.1, 0.15) is 15.9 Å². The molecule has 0 radical (unpaired) electrons. The van der Waals surface area contributed by atoms with Crippen molar-refractivity contribution < 1.29 is 23.1 Å². The number of carbonyl (C=O) groups is 2. The summed E-state index contributed by atoms with van der Waals surface area (Å²) in [5, 5.41) is 13.2. The normalized spacial score (nSPS) is 12.8. The smallest absolute Gasteiger partial charge is 0.326 e. The summed E-state index contributed by atoms with van der Waals surface area (Å²) in [7, 11) is -3.25. The van der Waals surface area contributed by atoms with E-state index < -0.39 is 27.8 Å². The second-order valence-electron chi connectivity index (χ2n) is 4.10. The quantitative estimate of drug-likeness (QED) is 0.682. The van der Waals surface area contributed by atoms with Gasteiger partial charge < -0.3 is 10.4 Å². The van der Waals surface area contributed by atoms with E-state index in [1.54, 1.807) is 0 Å². The minimum atomic E-state index is -3.25. The summed E-state index contributed by atoms with van der Waals surface area (Å²) >= 11 is 2.80. The standard InChI is InChI=1S/C11H15NO5S3/c1-20(16,17)6-4-8(11(14)15)12-9(13)7-19-10-3-2-5-18-10/h2-3,5,8H,4,6-7H2,1H3,(H,12,13)(H,14,15). The Hall–Kier alpha value is -1.06. The van der Waals surface area contributed by atoms with Gasteiger partial charge in [-0.15, -0.1) is 23.1 Å². The van der Waals surface area contributed by atoms with Crippen molar-refractivity contribution >= 4 is 44.8 Å². The van der Waals surface area contributed by atoms with Crippen LogP contribution in [0.5, 0.6) is 0 Å². The first-order valence-electron chi connectivity index (χ1n) is 5.64. The summed E-state index contributed by atoms with van der Waals surface area (Å²) in [5.41, 5.74) is 0. The molecular weight excluding hydrogens is 322 g/mol. The number of carboxylic acid groups (broad SMARTS) is 1. The molecule has 0 aliphatic heterocycles. The molecule has 0 saturated carbocycles. The maximum absolute atomic E-state index is 11.6. The van der Waals surface area contributed by atoms with Crippen LogP contribution in [0.4, 0.5) is 0 Å². The SMILES string of the molecule is CS(=O)(=O)CCC(NC(=O)CSc1cccs1)C(=O)O. The van der Waals surface area contributed by atoms with Crippen LogP contribution in [0, 0.1) is 0 Å². The molecule has 0 fully saturated rings. The first kappa shape index (κ1) is 17.0. The molecule has 112 valence electrons. The molecular formula is C11H15NO5S3. The van der Waals surface area contributed by atoms with Crippen molar-refractivity contribution in [1.29, 1.82) is 0 Å². The molecule has 9 heteroatoms. The Morgan fingerprint density at radius 3 is 2.70 bits per heavy atom. The summed E-state index contributed by atoms with van der Waals surface area (Å²) in [6.07, 6.45) is 0.893. The number of sulfone groups is 1. The van der Waals surface area contributed by atoms with E-state index in [1.165, 1.54) is 23.1 Å². The van der Waals surface area contributed by atoms with Crippen molar-refractivity contribution in [3.05, 3.63) is 17.5 Å². The molecule has 0 aliphatic carbocycles. The van der Waals surface area contributed by atoms with Crippen molar-refractivity contribution in [3.8, 4) is 0 Å². The van der Waals surface area contributed by atoms with Crippen LogP contribution in [0.2, 0.25) is 0 Å². The highest BCUT2D eigenvalue weighted by atomic mass is 32.2. The van der Waals surface area contributed by atoms with Crippen LogP contribution in [0.25, 0.3) is 0 Å². The van der Waals surface area contributed by atoms with Gasteiger partial charge in [0.15, 0.2) is 0 Å². The molecule has 0 saturated heterocycles. The van der Waals surface area contributed by atoms with Crippen LogP contribution in [0.15, 0.2) is 21.7 Å². The molecule has 1 heterocycles. The van der Waals surface area contributed by atoms with Crippen LogP contribution >= 0.6 is 23.1 Å². The zero-order valence-electron chi connectivity index (χ0n) is 10.7. The average molecular weight is 337 g/mol. The monoisotopic (exact) mass is 337 g/mol. The van der Waals surface area contributed by atoms with Gasteiger partial charge >= 0.3 is 5.97 Å². The maximum atomic E-state index is 11.6. The summed E-state index contributed by atoms with van der Waals surface area (Å²) in [4.78, 5) is 22.6. The largest absolute Gasteiger partial charge is 0.480 e. The third kappa shape index (κ3) is 6.92. The van der Waals surface area contributed by atoms with E-state index in [9.17, 15) is 18.0 Å². The zero-order valence-corrected chi connectivity index (χ0v) is 13.2. The lowest BCUT2D eigenvalue weighted by molar-refractivity contribution is -0.141. The number of hydrogen-bond donors (Lipinski definition) is 2. The lowest BCUT2D eigenvalue weighted by Gasteiger charge is -2.13. The van der Waals surface area contributed by atoms with Gasteiger partial charge in [-0.05, 0) is 17.9 Å². The Kier molecular flexibility index (Phi) is 6.50.